The summed E-state index contributed by atoms with van der Waals surface area (Å²) in [7, 11) is 0. The Morgan fingerprint density at radius 2 is 2.00 bits per heavy atom. The number of hydrogen-bond donors (Lipinski definition) is 1. The number of fused-ring (bicyclic) bond motifs is 6. The van der Waals surface area contributed by atoms with Gasteiger partial charge < -0.3 is 10.1 Å². The molecule has 2 aliphatic carbocycles. The highest BCUT2D eigenvalue weighted by Gasteiger charge is 2.57. The Balaban J connectivity index is 1.29. The van der Waals surface area contributed by atoms with Crippen LogP contribution >= 0.6 is 11.8 Å². The van der Waals surface area contributed by atoms with E-state index >= 15 is 0 Å². The maximum atomic E-state index is 7.80. The van der Waals surface area contributed by atoms with Crippen LogP contribution < -0.4 is 5.32 Å². The summed E-state index contributed by atoms with van der Waals surface area (Å²) >= 11 is 2.15. The van der Waals surface area contributed by atoms with E-state index in [-0.39, 0.29) is 6.23 Å². The van der Waals surface area contributed by atoms with Gasteiger partial charge in [-0.3, -0.25) is 4.99 Å². The lowest BCUT2D eigenvalue weighted by Gasteiger charge is -2.51. The second-order valence-corrected chi connectivity index (χ2v) is 13.5. The Morgan fingerprint density at radius 3 is 2.84 bits per heavy atom. The molecule has 0 spiro atoms. The lowest BCUT2D eigenvalue weighted by molar-refractivity contribution is 0.0512. The van der Waals surface area contributed by atoms with E-state index in [1.54, 1.807) is 4.91 Å². The van der Waals surface area contributed by atoms with Gasteiger partial charge in [0.15, 0.2) is 6.23 Å². The fourth-order valence-corrected chi connectivity index (χ4v) is 9.51. The molecule has 0 aromatic rings. The maximum absolute atomic E-state index is 7.80. The molecular weight excluding hydrogens is 400 g/mol. The van der Waals surface area contributed by atoms with Gasteiger partial charge >= 0.3 is 0 Å². The van der Waals surface area contributed by atoms with Crippen LogP contribution in [0, 0.1) is 28.6 Å². The second kappa shape index (κ2) is 7.13. The molecule has 2 saturated heterocycles. The van der Waals surface area contributed by atoms with Gasteiger partial charge in [0.25, 0.3) is 0 Å². The van der Waals surface area contributed by atoms with Crippen molar-refractivity contribution in [2.45, 2.75) is 109 Å². The van der Waals surface area contributed by atoms with Crippen molar-refractivity contribution in [2.75, 3.05) is 0 Å². The molecule has 4 unspecified atom stereocenters. The van der Waals surface area contributed by atoms with Crippen LogP contribution in [0.1, 0.15) is 90.0 Å². The number of thioether (sulfide) groups is 1. The maximum Gasteiger partial charge on any atom is 0.192 e. The van der Waals surface area contributed by atoms with Crippen molar-refractivity contribution < 1.29 is 8.85 Å². The molecule has 3 fully saturated rings. The van der Waals surface area contributed by atoms with Gasteiger partial charge in [-0.1, -0.05) is 33.8 Å². The summed E-state index contributed by atoms with van der Waals surface area (Å²) in [6, 6.07) is 0.777. The van der Waals surface area contributed by atoms with Gasteiger partial charge in [-0.25, -0.2) is 0 Å². The van der Waals surface area contributed by atoms with E-state index in [4.69, 9.17) is 8.85 Å². The fourth-order valence-electron chi connectivity index (χ4n) is 7.55. The SMILES string of the molecule is [2H]C([2H])([2H])C1=N[C@H]2OC3=C([C@H]4CC=C5SC6C(C5N4)C(C)(C)CCC6(C)C)CCC[C@H]3C2CC1. The van der Waals surface area contributed by atoms with Gasteiger partial charge in [-0.15, -0.1) is 11.8 Å². The van der Waals surface area contributed by atoms with E-state index in [0.717, 1.165) is 31.4 Å². The number of nitrogens with one attached hydrogen (secondary N) is 1. The first kappa shape index (κ1) is 17.7. The fraction of sp³-hybridized carbons (Fsp3) is 0.815. The normalized spacial score (nSPS) is 46.8. The molecule has 0 aromatic carbocycles. The standard InChI is InChI=1S/C27H40N2OS/c1-15-9-10-17-16-7-6-8-18(23(16)30-25(17)28-15)19-11-12-20-22(29-19)21-24(31-20)27(4,5)14-13-26(21,2)3/h12,16-17,19,21-22,24-25,29H,6-11,13-14H2,1-5H3/t16-,17?,19+,21?,22?,24?,25-/m0/s1/i1D3. The van der Waals surface area contributed by atoms with Crippen LogP contribution in [-0.4, -0.2) is 29.3 Å². The molecule has 4 heterocycles. The van der Waals surface area contributed by atoms with Crippen molar-refractivity contribution in [1.82, 2.24) is 5.32 Å². The quantitative estimate of drug-likeness (QED) is 0.505. The molecule has 6 rings (SSSR count). The molecular formula is C27H40N2OS. The molecule has 7 atom stereocenters. The minimum absolute atomic E-state index is 0.295. The zero-order chi connectivity index (χ0) is 24.0. The summed E-state index contributed by atoms with van der Waals surface area (Å²) in [5.74, 6) is 2.57. The average molecular weight is 444 g/mol. The lowest BCUT2D eigenvalue weighted by Crippen LogP contribution is -2.54. The number of nitrogens with zero attached hydrogens (tertiary/aromatic N) is 1. The highest BCUT2D eigenvalue weighted by molar-refractivity contribution is 8.04. The molecule has 3 nitrogen and oxygen atoms in total. The third-order valence-corrected chi connectivity index (χ3v) is 11.3. The van der Waals surface area contributed by atoms with E-state index in [1.165, 1.54) is 24.8 Å². The van der Waals surface area contributed by atoms with E-state index in [9.17, 15) is 0 Å². The number of allylic oxidation sites excluding steroid dienone is 1. The lowest BCUT2D eigenvalue weighted by atomic mass is 9.58. The molecule has 1 N–H and O–H groups in total. The molecule has 0 amide bonds. The molecule has 0 radical (unpaired) electrons. The van der Waals surface area contributed by atoms with Crippen LogP contribution in [0.4, 0.5) is 0 Å². The van der Waals surface area contributed by atoms with E-state index < -0.39 is 6.85 Å². The largest absolute Gasteiger partial charge is 0.472 e. The van der Waals surface area contributed by atoms with Gasteiger partial charge in [0, 0.05) is 39.0 Å². The first-order chi connectivity index (χ1) is 16.0. The third-order valence-electron chi connectivity index (χ3n) is 9.44. The Morgan fingerprint density at radius 1 is 1.16 bits per heavy atom. The van der Waals surface area contributed by atoms with Crippen LogP contribution in [0.3, 0.4) is 0 Å². The predicted molar refractivity (Wildman–Crippen MR) is 130 cm³/mol. The summed E-state index contributed by atoms with van der Waals surface area (Å²) in [5.41, 5.74) is 2.52. The molecule has 0 aromatic heterocycles. The van der Waals surface area contributed by atoms with Crippen LogP contribution in [0.15, 0.2) is 27.3 Å². The van der Waals surface area contributed by atoms with Crippen LogP contribution in [-0.2, 0) is 4.74 Å². The molecule has 4 heteroatoms. The molecule has 4 aliphatic heterocycles. The average Bonchev–Trinajstić information content (AvgIpc) is 3.35. The van der Waals surface area contributed by atoms with E-state index in [0.29, 0.717) is 58.0 Å². The highest BCUT2D eigenvalue weighted by Crippen LogP contribution is 2.62. The Kier molecular flexibility index (Phi) is 4.07. The van der Waals surface area contributed by atoms with Crippen molar-refractivity contribution in [2.24, 2.45) is 33.6 Å². The first-order valence-corrected chi connectivity index (χ1v) is 13.4. The minimum Gasteiger partial charge on any atom is -0.472 e. The third kappa shape index (κ3) is 3.21. The Bertz CT molecular complexity index is 965. The van der Waals surface area contributed by atoms with Crippen molar-refractivity contribution in [3.8, 4) is 0 Å². The molecule has 0 bridgehead atoms. The zero-order valence-electron chi connectivity index (χ0n) is 22.5. The zero-order valence-corrected chi connectivity index (χ0v) is 20.4. The van der Waals surface area contributed by atoms with Gasteiger partial charge in [0.2, 0.25) is 0 Å². The van der Waals surface area contributed by atoms with E-state index in [1.807, 2.05) is 0 Å². The summed E-state index contributed by atoms with van der Waals surface area (Å²) in [4.78, 5) is 6.19. The Labute approximate surface area is 197 Å². The Hall–Kier alpha value is -0.740. The summed E-state index contributed by atoms with van der Waals surface area (Å²) < 4.78 is 29.9. The monoisotopic (exact) mass is 443 g/mol. The van der Waals surface area contributed by atoms with Gasteiger partial charge in [-0.2, -0.15) is 0 Å². The van der Waals surface area contributed by atoms with Crippen LogP contribution in [0.2, 0.25) is 0 Å². The van der Waals surface area contributed by atoms with Crippen LogP contribution in [0.5, 0.6) is 0 Å². The molecule has 1 saturated carbocycles. The predicted octanol–water partition coefficient (Wildman–Crippen LogP) is 6.46. The first-order valence-electron chi connectivity index (χ1n) is 14.1. The number of hydrogen-bond acceptors (Lipinski definition) is 4. The van der Waals surface area contributed by atoms with Crippen molar-refractivity contribution in [3.05, 3.63) is 22.3 Å². The molecule has 6 aliphatic rings. The summed E-state index contributed by atoms with van der Waals surface area (Å²) in [6.07, 6.45) is 10.8. The van der Waals surface area contributed by atoms with Crippen molar-refractivity contribution in [1.29, 1.82) is 0 Å². The van der Waals surface area contributed by atoms with Gasteiger partial charge in [-0.05, 0) is 85.4 Å². The number of ether oxygens (including phenoxy) is 1. The van der Waals surface area contributed by atoms with Crippen LogP contribution in [0.25, 0.3) is 0 Å². The van der Waals surface area contributed by atoms with E-state index in [2.05, 4.69) is 55.8 Å². The highest BCUT2D eigenvalue weighted by atomic mass is 32.2. The van der Waals surface area contributed by atoms with Crippen molar-refractivity contribution in [3.63, 3.8) is 0 Å². The minimum atomic E-state index is -2.09. The summed E-state index contributed by atoms with van der Waals surface area (Å²) in [6.45, 7) is 7.82. The summed E-state index contributed by atoms with van der Waals surface area (Å²) in [5, 5.41) is 4.83. The van der Waals surface area contributed by atoms with Gasteiger partial charge in [0.1, 0.15) is 5.76 Å². The topological polar surface area (TPSA) is 33.6 Å². The van der Waals surface area contributed by atoms with Crippen molar-refractivity contribution >= 4 is 17.5 Å². The van der Waals surface area contributed by atoms with Gasteiger partial charge in [0.05, 0.1) is 0 Å². The molecule has 170 valence electrons. The number of aliphatic imine (C=N–C) groups is 1. The number of rotatable bonds is 1. The molecule has 31 heavy (non-hydrogen) atoms. The smallest absolute Gasteiger partial charge is 0.192 e. The second-order valence-electron chi connectivity index (χ2n) is 12.3.